The molecule has 3 aliphatic rings. The summed E-state index contributed by atoms with van der Waals surface area (Å²) >= 11 is 0. The molecule has 0 aromatic heterocycles. The summed E-state index contributed by atoms with van der Waals surface area (Å²) in [7, 11) is 0. The fourth-order valence-electron chi connectivity index (χ4n) is 4.79. The molecule has 3 nitrogen and oxygen atoms in total. The third-order valence-corrected chi connectivity index (χ3v) is 5.84. The molecule has 3 fully saturated rings. The molecule has 0 spiro atoms. The number of nitrogens with one attached hydrogen (secondary N) is 1. The topological polar surface area (TPSA) is 55.1 Å². The predicted octanol–water partition coefficient (Wildman–Crippen LogP) is 2.16. The number of carbonyl (C=O) groups excluding carboxylic acids is 1. The van der Waals surface area contributed by atoms with Crippen LogP contribution in [-0.4, -0.2) is 19.0 Å². The van der Waals surface area contributed by atoms with Gasteiger partial charge >= 0.3 is 0 Å². The van der Waals surface area contributed by atoms with E-state index >= 15 is 0 Å². The first-order valence-corrected chi connectivity index (χ1v) is 8.01. The summed E-state index contributed by atoms with van der Waals surface area (Å²) in [5.74, 6) is 3.99. The molecule has 3 N–H and O–H groups in total. The van der Waals surface area contributed by atoms with Gasteiger partial charge in [-0.3, -0.25) is 4.79 Å². The van der Waals surface area contributed by atoms with Gasteiger partial charge in [-0.05, 0) is 67.7 Å². The highest BCUT2D eigenvalue weighted by molar-refractivity contribution is 5.82. The number of amides is 1. The van der Waals surface area contributed by atoms with Crippen LogP contribution < -0.4 is 11.1 Å². The van der Waals surface area contributed by atoms with E-state index in [0.717, 1.165) is 49.6 Å². The summed E-state index contributed by atoms with van der Waals surface area (Å²) in [4.78, 5) is 12.3. The molecule has 0 heterocycles. The standard InChI is InChI=1S/C16H28N2O/c1-16(2,6-3-7-17)9-18-15(19)14-12-10-4-5-11(8-10)13(12)14/h10-14H,3-9,17H2,1-2H3,(H,18,19). The van der Waals surface area contributed by atoms with Gasteiger partial charge in [0.15, 0.2) is 0 Å². The predicted molar refractivity (Wildman–Crippen MR) is 76.4 cm³/mol. The zero-order valence-corrected chi connectivity index (χ0v) is 12.3. The first-order chi connectivity index (χ1) is 9.03. The van der Waals surface area contributed by atoms with E-state index in [9.17, 15) is 4.79 Å². The Balaban J connectivity index is 1.46. The zero-order valence-electron chi connectivity index (χ0n) is 12.3. The highest BCUT2D eigenvalue weighted by Gasteiger charge is 2.67. The van der Waals surface area contributed by atoms with Crippen molar-refractivity contribution in [3.8, 4) is 0 Å². The SMILES string of the molecule is CC(C)(CCCN)CNC(=O)C1C2C3CCC(C3)C12. The maximum Gasteiger partial charge on any atom is 0.223 e. The number of rotatable bonds is 6. The Hall–Kier alpha value is -0.570. The van der Waals surface area contributed by atoms with E-state index in [1.54, 1.807) is 0 Å². The molecule has 3 aliphatic carbocycles. The van der Waals surface area contributed by atoms with Gasteiger partial charge in [0.1, 0.15) is 0 Å². The number of fused-ring (bicyclic) bond motifs is 5. The second kappa shape index (κ2) is 4.76. The van der Waals surface area contributed by atoms with Gasteiger partial charge in [-0.15, -0.1) is 0 Å². The third-order valence-electron chi connectivity index (χ3n) is 5.84. The van der Waals surface area contributed by atoms with Crippen LogP contribution in [-0.2, 0) is 4.79 Å². The summed E-state index contributed by atoms with van der Waals surface area (Å²) < 4.78 is 0. The number of hydrogen-bond donors (Lipinski definition) is 2. The largest absolute Gasteiger partial charge is 0.355 e. The highest BCUT2D eigenvalue weighted by atomic mass is 16.2. The molecular weight excluding hydrogens is 236 g/mol. The second-order valence-corrected chi connectivity index (χ2v) is 7.79. The van der Waals surface area contributed by atoms with Gasteiger partial charge in [-0.1, -0.05) is 13.8 Å². The third kappa shape index (κ3) is 2.42. The highest BCUT2D eigenvalue weighted by Crippen LogP contribution is 2.69. The molecule has 0 radical (unpaired) electrons. The minimum atomic E-state index is 0.179. The first kappa shape index (κ1) is 13.4. The summed E-state index contributed by atoms with van der Waals surface area (Å²) in [6.07, 6.45) is 6.32. The summed E-state index contributed by atoms with van der Waals surface area (Å²) in [5.41, 5.74) is 5.74. The molecule has 0 aliphatic heterocycles. The van der Waals surface area contributed by atoms with Crippen molar-refractivity contribution >= 4 is 5.91 Å². The minimum Gasteiger partial charge on any atom is -0.355 e. The van der Waals surface area contributed by atoms with Crippen LogP contribution in [0.25, 0.3) is 0 Å². The lowest BCUT2D eigenvalue weighted by Crippen LogP contribution is -2.36. The van der Waals surface area contributed by atoms with Crippen molar-refractivity contribution in [3.63, 3.8) is 0 Å². The Morgan fingerprint density at radius 2 is 1.89 bits per heavy atom. The smallest absolute Gasteiger partial charge is 0.223 e. The Labute approximate surface area is 116 Å². The van der Waals surface area contributed by atoms with Crippen molar-refractivity contribution in [3.05, 3.63) is 0 Å². The van der Waals surface area contributed by atoms with Gasteiger partial charge in [0.25, 0.3) is 0 Å². The number of hydrogen-bond acceptors (Lipinski definition) is 2. The van der Waals surface area contributed by atoms with Crippen molar-refractivity contribution in [2.45, 2.75) is 46.0 Å². The Morgan fingerprint density at radius 1 is 1.26 bits per heavy atom. The maximum absolute atomic E-state index is 12.3. The van der Waals surface area contributed by atoms with Crippen molar-refractivity contribution in [2.24, 2.45) is 40.7 Å². The molecule has 4 atom stereocenters. The second-order valence-electron chi connectivity index (χ2n) is 7.79. The molecule has 0 aromatic carbocycles. The van der Waals surface area contributed by atoms with Crippen LogP contribution in [0.2, 0.25) is 0 Å². The van der Waals surface area contributed by atoms with E-state index in [-0.39, 0.29) is 5.41 Å². The molecule has 3 rings (SSSR count). The van der Waals surface area contributed by atoms with Gasteiger partial charge in [-0.25, -0.2) is 0 Å². The lowest BCUT2D eigenvalue weighted by Gasteiger charge is -2.25. The summed E-state index contributed by atoms with van der Waals surface area (Å²) in [6.45, 7) is 5.99. The number of carbonyl (C=O) groups is 1. The van der Waals surface area contributed by atoms with Crippen LogP contribution in [0.1, 0.15) is 46.0 Å². The fraction of sp³-hybridized carbons (Fsp3) is 0.938. The lowest BCUT2D eigenvalue weighted by molar-refractivity contribution is -0.123. The Kier molecular flexibility index (Phi) is 3.36. The van der Waals surface area contributed by atoms with E-state index in [1.807, 2.05) is 0 Å². The van der Waals surface area contributed by atoms with Crippen molar-refractivity contribution in [1.29, 1.82) is 0 Å². The van der Waals surface area contributed by atoms with Crippen molar-refractivity contribution in [2.75, 3.05) is 13.1 Å². The molecule has 108 valence electrons. The Bertz CT molecular complexity index is 350. The average Bonchev–Trinajstić information content (AvgIpc) is 2.82. The van der Waals surface area contributed by atoms with Crippen molar-refractivity contribution in [1.82, 2.24) is 5.32 Å². The fourth-order valence-corrected chi connectivity index (χ4v) is 4.79. The Morgan fingerprint density at radius 3 is 2.47 bits per heavy atom. The molecular formula is C16H28N2O. The van der Waals surface area contributed by atoms with Crippen LogP contribution in [0.15, 0.2) is 0 Å². The van der Waals surface area contributed by atoms with Crippen LogP contribution in [0.4, 0.5) is 0 Å². The molecule has 4 unspecified atom stereocenters. The zero-order chi connectivity index (χ0) is 13.6. The average molecular weight is 264 g/mol. The van der Waals surface area contributed by atoms with E-state index in [2.05, 4.69) is 19.2 Å². The first-order valence-electron chi connectivity index (χ1n) is 8.01. The van der Waals surface area contributed by atoms with Gasteiger partial charge < -0.3 is 11.1 Å². The van der Waals surface area contributed by atoms with E-state index < -0.39 is 0 Å². The van der Waals surface area contributed by atoms with Crippen LogP contribution >= 0.6 is 0 Å². The van der Waals surface area contributed by atoms with Crippen molar-refractivity contribution < 1.29 is 4.79 Å². The van der Waals surface area contributed by atoms with Crippen LogP contribution in [0.3, 0.4) is 0 Å². The number of nitrogens with two attached hydrogens (primary N) is 1. The normalized spacial score (nSPS) is 39.2. The van der Waals surface area contributed by atoms with Gasteiger partial charge in [0.2, 0.25) is 5.91 Å². The molecule has 3 saturated carbocycles. The quantitative estimate of drug-likeness (QED) is 0.772. The molecule has 1 amide bonds. The maximum atomic E-state index is 12.3. The molecule has 3 heteroatoms. The molecule has 2 bridgehead atoms. The van der Waals surface area contributed by atoms with E-state index in [1.165, 1.54) is 19.3 Å². The van der Waals surface area contributed by atoms with E-state index in [0.29, 0.717) is 11.8 Å². The van der Waals surface area contributed by atoms with Gasteiger partial charge in [0, 0.05) is 12.5 Å². The monoisotopic (exact) mass is 264 g/mol. The minimum absolute atomic E-state index is 0.179. The molecule has 0 saturated heterocycles. The van der Waals surface area contributed by atoms with Crippen LogP contribution in [0.5, 0.6) is 0 Å². The van der Waals surface area contributed by atoms with Crippen LogP contribution in [0, 0.1) is 35.0 Å². The van der Waals surface area contributed by atoms with E-state index in [4.69, 9.17) is 5.73 Å². The molecule has 19 heavy (non-hydrogen) atoms. The lowest BCUT2D eigenvalue weighted by atomic mass is 9.87. The van der Waals surface area contributed by atoms with Gasteiger partial charge in [0.05, 0.1) is 0 Å². The molecule has 0 aromatic rings. The van der Waals surface area contributed by atoms with Gasteiger partial charge in [-0.2, -0.15) is 0 Å². The summed E-state index contributed by atoms with van der Waals surface area (Å²) in [6, 6.07) is 0. The summed E-state index contributed by atoms with van der Waals surface area (Å²) in [5, 5.41) is 3.21.